The van der Waals surface area contributed by atoms with Gasteiger partial charge in [-0.25, -0.2) is 17.7 Å². The largest absolute Gasteiger partial charge is 0.319 e. The first-order valence-corrected chi connectivity index (χ1v) is 8.16. The molecule has 0 spiro atoms. The molecule has 1 N–H and O–H groups in total. The lowest BCUT2D eigenvalue weighted by atomic mass is 10.4. The molecule has 0 aromatic carbocycles. The SMILES string of the molecule is CCN(CCCNCc1nccn1C(F)F)S(C)(=O)=O. The molecule has 9 heteroatoms. The van der Waals surface area contributed by atoms with E-state index in [0.29, 0.717) is 26.1 Å². The minimum absolute atomic E-state index is 0.225. The predicted molar refractivity (Wildman–Crippen MR) is 71.9 cm³/mol. The van der Waals surface area contributed by atoms with Gasteiger partial charge in [0.1, 0.15) is 5.82 Å². The van der Waals surface area contributed by atoms with Crippen LogP contribution in [0.5, 0.6) is 0 Å². The van der Waals surface area contributed by atoms with E-state index in [-0.39, 0.29) is 12.4 Å². The van der Waals surface area contributed by atoms with Gasteiger partial charge in [-0.3, -0.25) is 4.57 Å². The molecule has 1 heterocycles. The van der Waals surface area contributed by atoms with Gasteiger partial charge in [0.05, 0.1) is 12.8 Å². The van der Waals surface area contributed by atoms with E-state index in [0.717, 1.165) is 4.57 Å². The van der Waals surface area contributed by atoms with Gasteiger partial charge in [0.2, 0.25) is 10.0 Å². The van der Waals surface area contributed by atoms with E-state index in [2.05, 4.69) is 10.3 Å². The summed E-state index contributed by atoms with van der Waals surface area (Å²) in [6, 6.07) is 0. The molecule has 0 bridgehead atoms. The molecule has 0 aliphatic rings. The van der Waals surface area contributed by atoms with E-state index in [1.165, 1.54) is 23.0 Å². The van der Waals surface area contributed by atoms with Crippen LogP contribution in [-0.4, -0.2) is 48.2 Å². The van der Waals surface area contributed by atoms with Gasteiger partial charge in [-0.05, 0) is 13.0 Å². The number of nitrogens with one attached hydrogen (secondary N) is 1. The van der Waals surface area contributed by atoms with E-state index in [4.69, 9.17) is 0 Å². The minimum atomic E-state index is -3.17. The maximum atomic E-state index is 12.5. The zero-order valence-corrected chi connectivity index (χ0v) is 12.4. The monoisotopic (exact) mass is 310 g/mol. The topological polar surface area (TPSA) is 67.2 Å². The van der Waals surface area contributed by atoms with Crippen LogP contribution < -0.4 is 5.32 Å². The Hall–Kier alpha value is -1.06. The summed E-state index contributed by atoms with van der Waals surface area (Å²) in [4.78, 5) is 3.84. The Morgan fingerprint density at radius 1 is 1.50 bits per heavy atom. The molecule has 1 rings (SSSR count). The highest BCUT2D eigenvalue weighted by Gasteiger charge is 2.13. The van der Waals surface area contributed by atoms with Crippen molar-refractivity contribution < 1.29 is 17.2 Å². The zero-order valence-electron chi connectivity index (χ0n) is 11.6. The average molecular weight is 310 g/mol. The Balaban J connectivity index is 2.30. The van der Waals surface area contributed by atoms with Crippen molar-refractivity contribution in [3.05, 3.63) is 18.2 Å². The van der Waals surface area contributed by atoms with Crippen LogP contribution in [0, 0.1) is 0 Å². The second kappa shape index (κ2) is 7.65. The number of sulfonamides is 1. The highest BCUT2D eigenvalue weighted by atomic mass is 32.2. The third-order valence-electron chi connectivity index (χ3n) is 2.83. The molecule has 0 fully saturated rings. The molecule has 0 atom stereocenters. The summed E-state index contributed by atoms with van der Waals surface area (Å²) in [6.07, 6.45) is 4.33. The summed E-state index contributed by atoms with van der Waals surface area (Å²) in [6.45, 7) is 0.758. The van der Waals surface area contributed by atoms with E-state index in [9.17, 15) is 17.2 Å². The number of rotatable bonds is 9. The molecule has 20 heavy (non-hydrogen) atoms. The van der Waals surface area contributed by atoms with Gasteiger partial charge in [0.15, 0.2) is 0 Å². The van der Waals surface area contributed by atoms with Gasteiger partial charge in [-0.2, -0.15) is 8.78 Å². The Morgan fingerprint density at radius 2 is 2.20 bits per heavy atom. The number of aromatic nitrogens is 2. The molecule has 6 nitrogen and oxygen atoms in total. The van der Waals surface area contributed by atoms with Crippen LogP contribution in [0.15, 0.2) is 12.4 Å². The summed E-state index contributed by atoms with van der Waals surface area (Å²) >= 11 is 0. The van der Waals surface area contributed by atoms with Crippen molar-refractivity contribution in [1.29, 1.82) is 0 Å². The zero-order chi connectivity index (χ0) is 15.2. The van der Waals surface area contributed by atoms with Crippen molar-refractivity contribution in [2.75, 3.05) is 25.9 Å². The van der Waals surface area contributed by atoms with Crippen LogP contribution in [0.2, 0.25) is 0 Å². The Labute approximate surface area is 117 Å². The molecule has 1 aromatic heterocycles. The summed E-state index contributed by atoms with van der Waals surface area (Å²) in [5, 5.41) is 2.98. The molecule has 0 amide bonds. The normalized spacial score (nSPS) is 12.5. The summed E-state index contributed by atoms with van der Waals surface area (Å²) in [7, 11) is -3.17. The highest BCUT2D eigenvalue weighted by molar-refractivity contribution is 7.88. The Kier molecular flexibility index (Phi) is 6.50. The lowest BCUT2D eigenvalue weighted by Gasteiger charge is -2.17. The lowest BCUT2D eigenvalue weighted by molar-refractivity contribution is 0.0666. The number of alkyl halides is 2. The van der Waals surface area contributed by atoms with Crippen LogP contribution >= 0.6 is 0 Å². The van der Waals surface area contributed by atoms with Crippen molar-refractivity contribution in [3.63, 3.8) is 0 Å². The average Bonchev–Trinajstić information content (AvgIpc) is 2.80. The van der Waals surface area contributed by atoms with E-state index in [1.54, 1.807) is 6.92 Å². The van der Waals surface area contributed by atoms with E-state index < -0.39 is 16.6 Å². The van der Waals surface area contributed by atoms with E-state index in [1.807, 2.05) is 0 Å². The minimum Gasteiger partial charge on any atom is -0.310 e. The highest BCUT2D eigenvalue weighted by Crippen LogP contribution is 2.11. The first kappa shape index (κ1) is 17.0. The fraction of sp³-hybridized carbons (Fsp3) is 0.727. The third kappa shape index (κ3) is 5.14. The standard InChI is InChI=1S/C11H20F2N4O2S/c1-3-16(20(2,18)19)7-4-5-14-9-10-15-6-8-17(10)11(12)13/h6,8,11,14H,3-5,7,9H2,1-2H3. The predicted octanol–water partition coefficient (Wildman–Crippen LogP) is 1.04. The molecule has 0 saturated carbocycles. The molecular weight excluding hydrogens is 290 g/mol. The van der Waals surface area contributed by atoms with Gasteiger partial charge < -0.3 is 5.32 Å². The van der Waals surface area contributed by atoms with Crippen molar-refractivity contribution in [3.8, 4) is 0 Å². The maximum Gasteiger partial charge on any atom is 0.319 e. The maximum absolute atomic E-state index is 12.5. The van der Waals surface area contributed by atoms with Crippen molar-refractivity contribution in [2.45, 2.75) is 26.4 Å². The molecule has 0 aliphatic heterocycles. The number of halogens is 2. The summed E-state index contributed by atoms with van der Waals surface area (Å²) < 4.78 is 49.9. The van der Waals surface area contributed by atoms with Crippen molar-refractivity contribution in [1.82, 2.24) is 19.2 Å². The Bertz CT molecular complexity index is 504. The van der Waals surface area contributed by atoms with Gasteiger partial charge in [0, 0.05) is 25.5 Å². The first-order valence-electron chi connectivity index (χ1n) is 6.32. The molecule has 116 valence electrons. The van der Waals surface area contributed by atoms with E-state index >= 15 is 0 Å². The van der Waals surface area contributed by atoms with Crippen LogP contribution in [-0.2, 0) is 16.6 Å². The van der Waals surface area contributed by atoms with Crippen LogP contribution in [0.25, 0.3) is 0 Å². The van der Waals surface area contributed by atoms with Crippen LogP contribution in [0.3, 0.4) is 0 Å². The summed E-state index contributed by atoms with van der Waals surface area (Å²) in [5.74, 6) is 0.260. The third-order valence-corrected chi connectivity index (χ3v) is 4.20. The molecular formula is C11H20F2N4O2S. The Morgan fingerprint density at radius 3 is 2.75 bits per heavy atom. The van der Waals surface area contributed by atoms with Crippen LogP contribution in [0.1, 0.15) is 25.7 Å². The lowest BCUT2D eigenvalue weighted by Crippen LogP contribution is -2.32. The molecule has 1 aromatic rings. The molecule has 0 radical (unpaired) electrons. The van der Waals surface area contributed by atoms with Crippen molar-refractivity contribution >= 4 is 10.0 Å². The van der Waals surface area contributed by atoms with Gasteiger partial charge in [-0.1, -0.05) is 6.92 Å². The molecule has 0 unspecified atom stereocenters. The summed E-state index contributed by atoms with van der Waals surface area (Å²) in [5.41, 5.74) is 0. The first-order chi connectivity index (χ1) is 9.36. The number of nitrogens with zero attached hydrogens (tertiary/aromatic N) is 3. The fourth-order valence-corrected chi connectivity index (χ4v) is 2.73. The fourth-order valence-electron chi connectivity index (χ4n) is 1.80. The quantitative estimate of drug-likeness (QED) is 0.692. The number of hydrogen-bond donors (Lipinski definition) is 1. The number of imidazole rings is 1. The smallest absolute Gasteiger partial charge is 0.310 e. The number of hydrogen-bond acceptors (Lipinski definition) is 4. The van der Waals surface area contributed by atoms with Crippen molar-refractivity contribution in [2.24, 2.45) is 0 Å². The van der Waals surface area contributed by atoms with Crippen LogP contribution in [0.4, 0.5) is 8.78 Å². The second-order valence-corrected chi connectivity index (χ2v) is 6.30. The molecule has 0 aliphatic carbocycles. The van der Waals surface area contributed by atoms with Gasteiger partial charge in [-0.15, -0.1) is 0 Å². The second-order valence-electron chi connectivity index (χ2n) is 4.31. The molecule has 0 saturated heterocycles. The van der Waals surface area contributed by atoms with Gasteiger partial charge in [0.25, 0.3) is 0 Å². The van der Waals surface area contributed by atoms with Gasteiger partial charge >= 0.3 is 6.55 Å².